The van der Waals surface area contributed by atoms with Crippen molar-refractivity contribution in [2.24, 2.45) is 0 Å². The Morgan fingerprint density at radius 1 is 0.824 bits per heavy atom. The van der Waals surface area contributed by atoms with Crippen molar-refractivity contribution >= 4 is 50.3 Å². The third-order valence-electron chi connectivity index (χ3n) is 1.79. The molecule has 0 heterocycles. The van der Waals surface area contributed by atoms with Gasteiger partial charge < -0.3 is 0 Å². The Bertz CT molecular complexity index is 260. The van der Waals surface area contributed by atoms with Crippen LogP contribution in [0.25, 0.3) is 0 Å². The fourth-order valence-corrected chi connectivity index (χ4v) is 33.2. The molecule has 5 nitrogen and oxygen atoms in total. The van der Waals surface area contributed by atoms with Crippen LogP contribution >= 0.6 is 0 Å². The number of hydrogen-bond acceptors (Lipinski definition) is 5. The van der Waals surface area contributed by atoms with Gasteiger partial charge in [0.05, 0.1) is 0 Å². The zero-order chi connectivity index (χ0) is 13.7. The molecule has 0 aromatic carbocycles. The van der Waals surface area contributed by atoms with E-state index < -0.39 is 38.4 Å². The topological polar surface area (TPSA) is 61.8 Å². The maximum atomic E-state index is 11.3. The first-order chi connectivity index (χ1) is 7.62. The molecule has 0 atom stereocenters. The van der Waals surface area contributed by atoms with Gasteiger partial charge in [0.2, 0.25) is 0 Å². The van der Waals surface area contributed by atoms with Gasteiger partial charge in [0.1, 0.15) is 0 Å². The Labute approximate surface area is 113 Å². The second-order valence-electron chi connectivity index (χ2n) is 4.56. The molecule has 7 heteroatoms. The van der Waals surface area contributed by atoms with E-state index in [2.05, 4.69) is 0 Å². The number of carbonyl (C=O) groups excluding carboxylic acids is 2. The third-order valence-corrected chi connectivity index (χ3v) is 27.5. The van der Waals surface area contributed by atoms with Gasteiger partial charge in [-0.15, -0.1) is 0 Å². The van der Waals surface area contributed by atoms with Gasteiger partial charge in [0.25, 0.3) is 0 Å². The standard InChI is InChI=1S/2C3H6O2.4CH3.O.2Sn/c2*1-2-3(4)5;;;;;;;/h2*2H2,1H3,(H,4,5);4*1H3;;;/q;;;;;;;2*+1/p-2. The van der Waals surface area contributed by atoms with Gasteiger partial charge in [-0.25, -0.2) is 0 Å². The second-order valence-corrected chi connectivity index (χ2v) is 26.2. The molecule has 0 amide bonds. The van der Waals surface area contributed by atoms with Crippen LogP contribution in [-0.4, -0.2) is 50.3 Å². The molecule has 17 heavy (non-hydrogen) atoms. The Balaban J connectivity index is 4.46. The SMILES string of the molecule is CCC(=O)[O][Sn]([CH3])([CH3])[O][Sn]([CH3])([CH3])[O]C(=O)CC. The first-order valence-corrected chi connectivity index (χ1v) is 21.8. The number of hydrogen-bond donors (Lipinski definition) is 0. The molecule has 0 aromatic heterocycles. The Kier molecular flexibility index (Phi) is 7.39. The van der Waals surface area contributed by atoms with Gasteiger partial charge in [-0.05, 0) is 0 Å². The summed E-state index contributed by atoms with van der Waals surface area (Å²) in [6.45, 7) is 3.49. The average molecular weight is 460 g/mol. The predicted octanol–water partition coefficient (Wildman–Crippen LogP) is 2.31. The van der Waals surface area contributed by atoms with Crippen molar-refractivity contribution in [3.8, 4) is 0 Å². The van der Waals surface area contributed by atoms with Crippen LogP contribution < -0.4 is 0 Å². The molecule has 0 spiro atoms. The normalized spacial score (nSPS) is 12.1. The molecule has 0 radical (unpaired) electrons. The summed E-state index contributed by atoms with van der Waals surface area (Å²) in [5.41, 5.74) is 0. The molecule has 0 saturated carbocycles. The zero-order valence-electron chi connectivity index (χ0n) is 11.5. The van der Waals surface area contributed by atoms with E-state index in [0.29, 0.717) is 12.8 Å². The monoisotopic (exact) mass is 462 g/mol. The van der Waals surface area contributed by atoms with E-state index in [1.807, 2.05) is 19.8 Å². The molecule has 0 aliphatic rings. The number of rotatable bonds is 6. The van der Waals surface area contributed by atoms with Crippen LogP contribution in [0.15, 0.2) is 0 Å². The molecule has 0 aromatic rings. The third kappa shape index (κ3) is 8.25. The van der Waals surface area contributed by atoms with Crippen LogP contribution in [-0.2, 0) is 17.1 Å². The van der Waals surface area contributed by atoms with Gasteiger partial charge >= 0.3 is 114 Å². The van der Waals surface area contributed by atoms with Crippen LogP contribution in [0.2, 0.25) is 19.8 Å². The van der Waals surface area contributed by atoms with E-state index in [9.17, 15) is 9.59 Å². The van der Waals surface area contributed by atoms with Gasteiger partial charge in [-0.1, -0.05) is 0 Å². The minimum atomic E-state index is -3.30. The fourth-order valence-electron chi connectivity index (χ4n) is 1.33. The molecular formula is C10H22O5Sn2. The van der Waals surface area contributed by atoms with E-state index in [4.69, 9.17) is 7.56 Å². The van der Waals surface area contributed by atoms with Crippen molar-refractivity contribution in [1.29, 1.82) is 0 Å². The molecule has 0 bridgehead atoms. The molecule has 0 saturated heterocycles. The summed E-state index contributed by atoms with van der Waals surface area (Å²) in [5.74, 6) is -0.482. The van der Waals surface area contributed by atoms with Crippen molar-refractivity contribution < 1.29 is 17.1 Å². The molecule has 0 N–H and O–H groups in total. The van der Waals surface area contributed by atoms with Crippen molar-refractivity contribution in [2.45, 2.75) is 46.4 Å². The molecule has 0 aliphatic heterocycles. The summed E-state index contributed by atoms with van der Waals surface area (Å²) in [6.07, 6.45) is 0.683. The van der Waals surface area contributed by atoms with Crippen LogP contribution in [0, 0.1) is 0 Å². The van der Waals surface area contributed by atoms with E-state index in [1.165, 1.54) is 0 Å². The first-order valence-electron chi connectivity index (χ1n) is 5.75. The van der Waals surface area contributed by atoms with Crippen molar-refractivity contribution in [3.63, 3.8) is 0 Å². The van der Waals surface area contributed by atoms with Gasteiger partial charge in [-0.2, -0.15) is 0 Å². The minimum absolute atomic E-state index is 0.241. The van der Waals surface area contributed by atoms with Crippen LogP contribution in [0.3, 0.4) is 0 Å². The zero-order valence-corrected chi connectivity index (χ0v) is 17.2. The first kappa shape index (κ1) is 17.5. The quantitative estimate of drug-likeness (QED) is 0.571. The summed E-state index contributed by atoms with van der Waals surface area (Å²) >= 11 is -6.60. The summed E-state index contributed by atoms with van der Waals surface area (Å²) in [6, 6.07) is 0. The number of carbonyl (C=O) groups is 2. The van der Waals surface area contributed by atoms with Crippen molar-refractivity contribution in [2.75, 3.05) is 0 Å². The molecular weight excluding hydrogens is 438 g/mol. The van der Waals surface area contributed by atoms with Crippen LogP contribution in [0.4, 0.5) is 0 Å². The van der Waals surface area contributed by atoms with Crippen molar-refractivity contribution in [3.05, 3.63) is 0 Å². The maximum absolute atomic E-state index is 11.3. The molecule has 0 rings (SSSR count). The Morgan fingerprint density at radius 3 is 1.35 bits per heavy atom. The van der Waals surface area contributed by atoms with E-state index in [1.54, 1.807) is 13.8 Å². The predicted molar refractivity (Wildman–Crippen MR) is 68.8 cm³/mol. The summed E-state index contributed by atoms with van der Waals surface area (Å²) in [4.78, 5) is 30.0. The molecule has 100 valence electrons. The van der Waals surface area contributed by atoms with Crippen LogP contribution in [0.5, 0.6) is 0 Å². The van der Waals surface area contributed by atoms with E-state index >= 15 is 0 Å². The van der Waals surface area contributed by atoms with Crippen molar-refractivity contribution in [1.82, 2.24) is 0 Å². The molecule has 0 aliphatic carbocycles. The van der Waals surface area contributed by atoms with Crippen LogP contribution in [0.1, 0.15) is 26.7 Å². The average Bonchev–Trinajstić information content (AvgIpc) is 2.13. The molecule has 0 fully saturated rings. The fraction of sp³-hybridized carbons (Fsp3) is 0.800. The van der Waals surface area contributed by atoms with Gasteiger partial charge in [0, 0.05) is 0 Å². The van der Waals surface area contributed by atoms with E-state index in [-0.39, 0.29) is 11.9 Å². The van der Waals surface area contributed by atoms with E-state index in [0.717, 1.165) is 0 Å². The van der Waals surface area contributed by atoms with Gasteiger partial charge in [0.15, 0.2) is 0 Å². The molecule has 0 unspecified atom stereocenters. The summed E-state index contributed by atoms with van der Waals surface area (Å²) in [7, 11) is 0. The Morgan fingerprint density at radius 2 is 1.12 bits per heavy atom. The summed E-state index contributed by atoms with van der Waals surface area (Å²) in [5, 5.41) is 0. The Hall–Kier alpha value is 0.497. The van der Waals surface area contributed by atoms with Gasteiger partial charge in [-0.3, -0.25) is 0 Å². The summed E-state index contributed by atoms with van der Waals surface area (Å²) < 4.78 is 16.6. The second kappa shape index (κ2) is 7.18.